The van der Waals surface area contributed by atoms with Crippen LogP contribution in [0.3, 0.4) is 0 Å². The van der Waals surface area contributed by atoms with Crippen LogP contribution in [0.25, 0.3) is 0 Å². The van der Waals surface area contributed by atoms with Crippen LogP contribution in [0.5, 0.6) is 11.5 Å². The van der Waals surface area contributed by atoms with Crippen molar-refractivity contribution in [2.45, 2.75) is 25.7 Å². The number of nitrogens with zero attached hydrogens (tertiary/aromatic N) is 1. The van der Waals surface area contributed by atoms with Crippen molar-refractivity contribution >= 4 is 27.4 Å². The van der Waals surface area contributed by atoms with E-state index in [0.717, 1.165) is 13.0 Å². The zero-order chi connectivity index (χ0) is 21.1. The number of hydrogen-bond acceptors (Lipinski definition) is 8. The zero-order valence-electron chi connectivity index (χ0n) is 15.5. The number of nitro benzene ring substituents is 1. The molecule has 0 bridgehead atoms. The molecule has 0 spiro atoms. The summed E-state index contributed by atoms with van der Waals surface area (Å²) in [6, 6.07) is 6.51. The van der Waals surface area contributed by atoms with Gasteiger partial charge in [-0.05, 0) is 49.2 Å². The number of carbonyl (C=O) groups excluding carboxylic acids is 1. The lowest BCUT2D eigenvalue weighted by molar-refractivity contribution is -0.384. The smallest absolute Gasteiger partial charge is 0.352 e. The predicted molar refractivity (Wildman–Crippen MR) is 98.8 cm³/mol. The van der Waals surface area contributed by atoms with Gasteiger partial charge in [-0.1, -0.05) is 0 Å². The highest BCUT2D eigenvalue weighted by Crippen LogP contribution is 2.33. The Morgan fingerprint density at radius 3 is 2.21 bits per heavy atom. The number of methoxy groups -OCH3 is 1. The molecule has 0 atom stereocenters. The molecule has 0 amide bonds. The minimum absolute atomic E-state index is 0.0761. The van der Waals surface area contributed by atoms with Gasteiger partial charge in [-0.25, -0.2) is 13.2 Å². The molecule has 2 rings (SSSR count). The number of aryl methyl sites for hydroxylation is 2. The molecule has 0 fully saturated rings. The molecule has 0 unspecified atom stereocenters. The molecule has 2 aromatic rings. The molecule has 0 radical (unpaired) electrons. The number of nitrogens with one attached hydrogen (secondary N) is 1. The van der Waals surface area contributed by atoms with Crippen molar-refractivity contribution in [1.82, 2.24) is 0 Å². The van der Waals surface area contributed by atoms with E-state index in [9.17, 15) is 23.3 Å². The minimum atomic E-state index is -4.16. The van der Waals surface area contributed by atoms with Gasteiger partial charge in [0.2, 0.25) is 0 Å². The first kappa shape index (κ1) is 21.0. The number of ether oxygens (including phenoxy) is 1. The summed E-state index contributed by atoms with van der Waals surface area (Å²) in [6.45, 7) is 4.19. The van der Waals surface area contributed by atoms with Crippen LogP contribution < -0.4 is 14.3 Å². The molecule has 11 heteroatoms. The summed E-state index contributed by atoms with van der Waals surface area (Å²) in [5.74, 6) is -0.311. The van der Waals surface area contributed by atoms with E-state index >= 15 is 0 Å². The van der Waals surface area contributed by atoms with Gasteiger partial charge in [-0.15, -0.1) is 0 Å². The van der Waals surface area contributed by atoms with Gasteiger partial charge < -0.3 is 4.74 Å². The number of hydrogen-bond donors (Lipinski definition) is 1. The Hall–Kier alpha value is -3.34. The first-order valence-corrected chi connectivity index (χ1v) is 9.35. The highest BCUT2D eigenvalue weighted by molar-refractivity contribution is 7.92. The summed E-state index contributed by atoms with van der Waals surface area (Å²) in [5.41, 5.74) is -0.0606. The lowest BCUT2D eigenvalue weighted by Gasteiger charge is -2.14. The summed E-state index contributed by atoms with van der Waals surface area (Å²) in [6.07, 6.45) is 0. The molecule has 150 valence electrons. The minimum Gasteiger partial charge on any atom is -0.496 e. The number of sulfonamides is 1. The Balaban J connectivity index is 2.43. The lowest BCUT2D eigenvalue weighted by atomic mass is 10.1. The second-order valence-corrected chi connectivity index (χ2v) is 7.41. The highest BCUT2D eigenvalue weighted by Gasteiger charge is 2.25. The second kappa shape index (κ2) is 8.13. The summed E-state index contributed by atoms with van der Waals surface area (Å²) in [5, 5.41) is 11.3. The molecule has 2 aromatic carbocycles. The zero-order valence-corrected chi connectivity index (χ0v) is 16.3. The Bertz CT molecular complexity index is 1010. The Kier molecular flexibility index (Phi) is 6.09. The van der Waals surface area contributed by atoms with Crippen molar-refractivity contribution in [1.29, 1.82) is 0 Å². The first-order valence-electron chi connectivity index (χ1n) is 7.86. The van der Waals surface area contributed by atoms with Gasteiger partial charge in [0.15, 0.2) is 5.75 Å². The van der Waals surface area contributed by atoms with Gasteiger partial charge in [0.1, 0.15) is 11.4 Å². The molecule has 0 saturated carbocycles. The summed E-state index contributed by atoms with van der Waals surface area (Å²) in [7, 11) is -2.81. The van der Waals surface area contributed by atoms with Gasteiger partial charge in [0.25, 0.3) is 15.7 Å². The van der Waals surface area contributed by atoms with E-state index < -0.39 is 26.6 Å². The summed E-state index contributed by atoms with van der Waals surface area (Å²) >= 11 is 0. The van der Waals surface area contributed by atoms with E-state index in [1.165, 1.54) is 45.2 Å². The molecule has 10 nitrogen and oxygen atoms in total. The maximum absolute atomic E-state index is 12.9. The Morgan fingerprint density at radius 1 is 1.11 bits per heavy atom. The molecule has 0 aliphatic heterocycles. The largest absolute Gasteiger partial charge is 0.496 e. The van der Waals surface area contributed by atoms with Crippen LogP contribution in [0.4, 0.5) is 11.4 Å². The van der Waals surface area contributed by atoms with Crippen molar-refractivity contribution in [3.63, 3.8) is 0 Å². The highest BCUT2D eigenvalue weighted by atomic mass is 32.2. The predicted octanol–water partition coefficient (Wildman–Crippen LogP) is 2.88. The number of nitro groups is 1. The average Bonchev–Trinajstić information content (AvgIpc) is 2.58. The van der Waals surface area contributed by atoms with Gasteiger partial charge in [-0.2, -0.15) is 0 Å². The third-order valence-electron chi connectivity index (χ3n) is 3.60. The van der Waals surface area contributed by atoms with Crippen molar-refractivity contribution in [3.8, 4) is 11.5 Å². The van der Waals surface area contributed by atoms with Crippen LogP contribution in [0.2, 0.25) is 0 Å². The SMILES string of the molecule is COc1ccc(NS(=O)(=O)c2c(C)cc(OOC(C)=O)cc2C)c([N+](=O)[O-])c1. The monoisotopic (exact) mass is 410 g/mol. The van der Waals surface area contributed by atoms with Gasteiger partial charge in [0.05, 0.1) is 23.0 Å². The third-order valence-corrected chi connectivity index (χ3v) is 5.27. The van der Waals surface area contributed by atoms with E-state index in [1.807, 2.05) is 0 Å². The normalized spacial score (nSPS) is 10.9. The van der Waals surface area contributed by atoms with Crippen molar-refractivity contribution in [2.24, 2.45) is 0 Å². The van der Waals surface area contributed by atoms with Gasteiger partial charge >= 0.3 is 5.97 Å². The van der Waals surface area contributed by atoms with Crippen LogP contribution >= 0.6 is 0 Å². The Labute approximate surface area is 161 Å². The van der Waals surface area contributed by atoms with Gasteiger partial charge in [0, 0.05) is 6.92 Å². The molecule has 0 heterocycles. The number of anilines is 1. The fraction of sp³-hybridized carbons (Fsp3) is 0.235. The fourth-order valence-corrected chi connectivity index (χ4v) is 4.09. The lowest BCUT2D eigenvalue weighted by Crippen LogP contribution is -2.17. The van der Waals surface area contributed by atoms with Crippen LogP contribution in [0.1, 0.15) is 18.1 Å². The van der Waals surface area contributed by atoms with Crippen LogP contribution in [-0.4, -0.2) is 26.4 Å². The van der Waals surface area contributed by atoms with Crippen LogP contribution in [-0.2, 0) is 19.7 Å². The summed E-state index contributed by atoms with van der Waals surface area (Å²) in [4.78, 5) is 30.6. The quantitative estimate of drug-likeness (QED) is 0.418. The molecule has 0 aliphatic carbocycles. The summed E-state index contributed by atoms with van der Waals surface area (Å²) < 4.78 is 32.9. The molecular formula is C17H18N2O8S. The molecule has 1 N–H and O–H groups in total. The standard InChI is InChI=1S/C17H18N2O8S/c1-10-7-14(27-26-12(3)20)8-11(2)17(10)28(23,24)18-15-6-5-13(25-4)9-16(15)19(21)22/h5-9,18H,1-4H3. The van der Waals surface area contributed by atoms with Crippen molar-refractivity contribution in [2.75, 3.05) is 11.8 Å². The fourth-order valence-electron chi connectivity index (χ4n) is 2.56. The molecule has 28 heavy (non-hydrogen) atoms. The van der Waals surface area contributed by atoms with Gasteiger partial charge in [-0.3, -0.25) is 24.6 Å². The molecule has 0 aromatic heterocycles. The van der Waals surface area contributed by atoms with Crippen LogP contribution in [0, 0.1) is 24.0 Å². The van der Waals surface area contributed by atoms with Crippen LogP contribution in [0.15, 0.2) is 35.2 Å². The van der Waals surface area contributed by atoms with E-state index in [4.69, 9.17) is 9.62 Å². The number of benzene rings is 2. The average molecular weight is 410 g/mol. The molecular weight excluding hydrogens is 392 g/mol. The topological polar surface area (TPSA) is 134 Å². The van der Waals surface area contributed by atoms with E-state index in [0.29, 0.717) is 11.1 Å². The molecule has 0 aliphatic rings. The number of carbonyl (C=O) groups is 1. The maximum Gasteiger partial charge on any atom is 0.352 e. The van der Waals surface area contributed by atoms with Crippen molar-refractivity contribution in [3.05, 3.63) is 51.6 Å². The Morgan fingerprint density at radius 2 is 1.71 bits per heavy atom. The second-order valence-electron chi connectivity index (χ2n) is 5.79. The van der Waals surface area contributed by atoms with E-state index in [2.05, 4.69) is 9.61 Å². The molecule has 0 saturated heterocycles. The first-order chi connectivity index (χ1) is 13.0. The van der Waals surface area contributed by atoms with E-state index in [-0.39, 0.29) is 22.1 Å². The van der Waals surface area contributed by atoms with Crippen molar-refractivity contribution < 1.29 is 32.6 Å². The third kappa shape index (κ3) is 4.68. The van der Waals surface area contributed by atoms with E-state index in [1.54, 1.807) is 0 Å². The number of rotatable bonds is 7. The maximum atomic E-state index is 12.9.